The Morgan fingerprint density at radius 3 is 2.82 bits per heavy atom. The number of aromatic nitrogens is 1. The van der Waals surface area contributed by atoms with Gasteiger partial charge in [0.2, 0.25) is 0 Å². The maximum absolute atomic E-state index is 11.6. The molecule has 1 rings (SSSR count). The number of methoxy groups -OCH3 is 1. The summed E-state index contributed by atoms with van der Waals surface area (Å²) < 4.78 is 6.83. The van der Waals surface area contributed by atoms with E-state index in [2.05, 4.69) is 24.5 Å². The molecule has 96 valence electrons. The summed E-state index contributed by atoms with van der Waals surface area (Å²) in [7, 11) is 1.43. The first-order chi connectivity index (χ1) is 7.99. The molecule has 4 nitrogen and oxygen atoms in total. The number of rotatable bonds is 6. The lowest BCUT2D eigenvalue weighted by Gasteiger charge is -2.21. The first kappa shape index (κ1) is 13.8. The van der Waals surface area contributed by atoms with Crippen molar-refractivity contribution < 1.29 is 9.53 Å². The summed E-state index contributed by atoms with van der Waals surface area (Å²) in [5.41, 5.74) is 0.732. The molecule has 0 aliphatic heterocycles. The van der Waals surface area contributed by atoms with Crippen LogP contribution in [0.5, 0.6) is 0 Å². The molecule has 0 spiro atoms. The van der Waals surface area contributed by atoms with Crippen LogP contribution in [0.15, 0.2) is 18.5 Å². The summed E-state index contributed by atoms with van der Waals surface area (Å²) in [4.78, 5) is 11.6. The minimum atomic E-state index is -0.497. The quantitative estimate of drug-likeness (QED) is 0.768. The van der Waals surface area contributed by atoms with Crippen molar-refractivity contribution in [2.75, 3.05) is 13.7 Å². The Morgan fingerprint density at radius 1 is 1.53 bits per heavy atom. The van der Waals surface area contributed by atoms with Gasteiger partial charge in [-0.1, -0.05) is 6.92 Å². The number of hydrogen-bond donors (Lipinski definition) is 1. The van der Waals surface area contributed by atoms with Gasteiger partial charge in [0, 0.05) is 25.5 Å². The van der Waals surface area contributed by atoms with Crippen molar-refractivity contribution in [3.8, 4) is 0 Å². The molecular weight excluding hydrogens is 216 g/mol. The molecule has 0 aromatic carbocycles. The standard InChI is InChI=1S/C13H22N2O2/c1-5-14-8-11-6-7-15(9-11)10-13(2,3)12(16)17-4/h6-7,9,14H,5,8,10H2,1-4H3. The summed E-state index contributed by atoms with van der Waals surface area (Å²) in [5, 5.41) is 3.27. The van der Waals surface area contributed by atoms with E-state index in [9.17, 15) is 4.79 Å². The van der Waals surface area contributed by atoms with Gasteiger partial charge >= 0.3 is 5.97 Å². The monoisotopic (exact) mass is 238 g/mol. The van der Waals surface area contributed by atoms with E-state index in [0.29, 0.717) is 6.54 Å². The van der Waals surface area contributed by atoms with Gasteiger partial charge in [-0.3, -0.25) is 4.79 Å². The molecule has 0 unspecified atom stereocenters. The molecule has 0 radical (unpaired) electrons. The first-order valence-corrected chi connectivity index (χ1v) is 5.93. The summed E-state index contributed by atoms with van der Waals surface area (Å²) in [5.74, 6) is -0.181. The number of nitrogens with one attached hydrogen (secondary N) is 1. The highest BCUT2D eigenvalue weighted by Gasteiger charge is 2.28. The van der Waals surface area contributed by atoms with E-state index < -0.39 is 5.41 Å². The Labute approximate surface area is 103 Å². The Hall–Kier alpha value is -1.29. The van der Waals surface area contributed by atoms with Crippen LogP contribution in [0.4, 0.5) is 0 Å². The molecule has 17 heavy (non-hydrogen) atoms. The van der Waals surface area contributed by atoms with Gasteiger partial charge in [-0.15, -0.1) is 0 Å². The summed E-state index contributed by atoms with van der Waals surface area (Å²) in [6.07, 6.45) is 4.06. The van der Waals surface area contributed by atoms with Gasteiger partial charge in [0.1, 0.15) is 0 Å². The Balaban J connectivity index is 2.62. The van der Waals surface area contributed by atoms with Crippen molar-refractivity contribution in [3.05, 3.63) is 24.0 Å². The van der Waals surface area contributed by atoms with Gasteiger partial charge in [-0.05, 0) is 32.0 Å². The normalized spacial score (nSPS) is 11.5. The molecule has 1 heterocycles. The number of nitrogens with zero attached hydrogens (tertiary/aromatic N) is 1. The minimum Gasteiger partial charge on any atom is -0.469 e. The fraction of sp³-hybridized carbons (Fsp3) is 0.615. The van der Waals surface area contributed by atoms with Gasteiger partial charge < -0.3 is 14.6 Å². The average Bonchev–Trinajstić information content (AvgIpc) is 2.72. The van der Waals surface area contributed by atoms with Crippen LogP contribution in [0, 0.1) is 5.41 Å². The Kier molecular flexibility index (Phi) is 4.75. The highest BCUT2D eigenvalue weighted by atomic mass is 16.5. The molecule has 4 heteroatoms. The van der Waals surface area contributed by atoms with E-state index in [1.807, 2.05) is 24.6 Å². The fourth-order valence-electron chi connectivity index (χ4n) is 1.76. The second kappa shape index (κ2) is 5.87. The molecule has 0 aliphatic carbocycles. The Morgan fingerprint density at radius 2 is 2.24 bits per heavy atom. The third-order valence-corrected chi connectivity index (χ3v) is 2.71. The minimum absolute atomic E-state index is 0.181. The maximum Gasteiger partial charge on any atom is 0.313 e. The van der Waals surface area contributed by atoms with Crippen molar-refractivity contribution in [3.63, 3.8) is 0 Å². The highest BCUT2D eigenvalue weighted by molar-refractivity contribution is 5.75. The van der Waals surface area contributed by atoms with Crippen molar-refractivity contribution in [1.82, 2.24) is 9.88 Å². The molecule has 0 bridgehead atoms. The summed E-state index contributed by atoms with van der Waals surface area (Å²) >= 11 is 0. The maximum atomic E-state index is 11.6. The van der Waals surface area contributed by atoms with Gasteiger partial charge in [0.05, 0.1) is 12.5 Å². The topological polar surface area (TPSA) is 43.3 Å². The van der Waals surface area contributed by atoms with Crippen LogP contribution in [0.25, 0.3) is 0 Å². The van der Waals surface area contributed by atoms with Crippen molar-refractivity contribution >= 4 is 5.97 Å². The van der Waals surface area contributed by atoms with Crippen LogP contribution >= 0.6 is 0 Å². The lowest BCUT2D eigenvalue weighted by Crippen LogP contribution is -2.30. The second-order valence-corrected chi connectivity index (χ2v) is 4.85. The van der Waals surface area contributed by atoms with Crippen LogP contribution in [0.2, 0.25) is 0 Å². The van der Waals surface area contributed by atoms with Crippen molar-refractivity contribution in [1.29, 1.82) is 0 Å². The van der Waals surface area contributed by atoms with E-state index >= 15 is 0 Å². The van der Waals surface area contributed by atoms with Crippen LogP contribution in [0.1, 0.15) is 26.3 Å². The number of carbonyl (C=O) groups is 1. The predicted octanol–water partition coefficient (Wildman–Crippen LogP) is 1.80. The third-order valence-electron chi connectivity index (χ3n) is 2.71. The van der Waals surface area contributed by atoms with Crippen LogP contribution in [0.3, 0.4) is 0 Å². The third kappa shape index (κ3) is 3.89. The summed E-state index contributed by atoms with van der Waals surface area (Å²) in [6.45, 7) is 8.32. The van der Waals surface area contributed by atoms with Gasteiger partial charge in [-0.25, -0.2) is 0 Å². The highest BCUT2D eigenvalue weighted by Crippen LogP contribution is 2.20. The fourth-order valence-corrected chi connectivity index (χ4v) is 1.76. The molecule has 0 aliphatic rings. The molecule has 0 saturated carbocycles. The predicted molar refractivity (Wildman–Crippen MR) is 67.6 cm³/mol. The van der Waals surface area contributed by atoms with E-state index in [-0.39, 0.29) is 5.97 Å². The number of ether oxygens (including phenoxy) is 1. The van der Waals surface area contributed by atoms with Gasteiger partial charge in [0.15, 0.2) is 0 Å². The zero-order valence-corrected chi connectivity index (χ0v) is 11.1. The molecule has 0 fully saturated rings. The van der Waals surface area contributed by atoms with E-state index in [4.69, 9.17) is 4.74 Å². The number of hydrogen-bond acceptors (Lipinski definition) is 3. The van der Waals surface area contributed by atoms with Crippen LogP contribution < -0.4 is 5.32 Å². The van der Waals surface area contributed by atoms with E-state index in [0.717, 1.165) is 13.1 Å². The molecule has 0 atom stereocenters. The van der Waals surface area contributed by atoms with Crippen molar-refractivity contribution in [2.45, 2.75) is 33.9 Å². The van der Waals surface area contributed by atoms with Gasteiger partial charge in [-0.2, -0.15) is 0 Å². The average molecular weight is 238 g/mol. The lowest BCUT2D eigenvalue weighted by atomic mass is 9.94. The zero-order valence-electron chi connectivity index (χ0n) is 11.1. The molecule has 1 N–H and O–H groups in total. The van der Waals surface area contributed by atoms with Crippen LogP contribution in [-0.4, -0.2) is 24.2 Å². The van der Waals surface area contributed by atoms with Crippen LogP contribution in [-0.2, 0) is 22.6 Å². The lowest BCUT2D eigenvalue weighted by molar-refractivity contribution is -0.151. The van der Waals surface area contributed by atoms with Gasteiger partial charge in [0.25, 0.3) is 0 Å². The van der Waals surface area contributed by atoms with E-state index in [1.165, 1.54) is 12.7 Å². The van der Waals surface area contributed by atoms with E-state index in [1.54, 1.807) is 0 Å². The smallest absolute Gasteiger partial charge is 0.313 e. The first-order valence-electron chi connectivity index (χ1n) is 5.93. The Bertz CT molecular complexity index is 369. The molecule has 1 aromatic rings. The molecule has 1 aromatic heterocycles. The number of carbonyl (C=O) groups excluding carboxylic acids is 1. The molecule has 0 saturated heterocycles. The summed E-state index contributed by atoms with van der Waals surface area (Å²) in [6, 6.07) is 2.07. The molecular formula is C13H22N2O2. The SMILES string of the molecule is CCNCc1ccn(CC(C)(C)C(=O)OC)c1. The van der Waals surface area contributed by atoms with Crippen molar-refractivity contribution in [2.24, 2.45) is 5.41 Å². The largest absolute Gasteiger partial charge is 0.469 e. The number of esters is 1. The second-order valence-electron chi connectivity index (χ2n) is 4.85. The zero-order chi connectivity index (χ0) is 12.9. The molecule has 0 amide bonds.